The Morgan fingerprint density at radius 2 is 2.04 bits per heavy atom. The van der Waals surface area contributed by atoms with Gasteiger partial charge >= 0.3 is 0 Å². The highest BCUT2D eigenvalue weighted by Gasteiger charge is 2.19. The predicted molar refractivity (Wildman–Crippen MR) is 98.4 cm³/mol. The minimum absolute atomic E-state index is 0.0721. The molecule has 8 heteroatoms. The second-order valence-electron chi connectivity index (χ2n) is 5.27. The summed E-state index contributed by atoms with van der Waals surface area (Å²) in [5, 5.41) is 20.7. The van der Waals surface area contributed by atoms with Crippen LogP contribution in [0.15, 0.2) is 40.9 Å². The summed E-state index contributed by atoms with van der Waals surface area (Å²) >= 11 is 3.28. The van der Waals surface area contributed by atoms with Crippen LogP contribution < -0.4 is 14.8 Å². The number of halogens is 2. The van der Waals surface area contributed by atoms with Gasteiger partial charge in [-0.2, -0.15) is 10.5 Å². The van der Waals surface area contributed by atoms with Gasteiger partial charge in [0.05, 0.1) is 28.8 Å². The van der Waals surface area contributed by atoms with Gasteiger partial charge in [-0.25, -0.2) is 4.39 Å². The summed E-state index contributed by atoms with van der Waals surface area (Å²) in [6.07, 6.45) is 0. The fraction of sp³-hybridized carbons (Fsp3) is 0.211. The lowest BCUT2D eigenvalue weighted by Gasteiger charge is -2.16. The maximum Gasteiger partial charge on any atom is 0.259 e. The van der Waals surface area contributed by atoms with E-state index in [9.17, 15) is 14.4 Å². The van der Waals surface area contributed by atoms with Gasteiger partial charge in [-0.3, -0.25) is 4.79 Å². The van der Waals surface area contributed by atoms with Gasteiger partial charge in [-0.15, -0.1) is 0 Å². The van der Waals surface area contributed by atoms with Gasteiger partial charge in [-0.05, 0) is 35.0 Å². The van der Waals surface area contributed by atoms with Crippen molar-refractivity contribution in [3.05, 3.63) is 57.8 Å². The van der Waals surface area contributed by atoms with Crippen molar-refractivity contribution < 1.29 is 18.7 Å². The van der Waals surface area contributed by atoms with Gasteiger partial charge in [0.25, 0.3) is 5.91 Å². The molecule has 0 radical (unpaired) electrons. The van der Waals surface area contributed by atoms with E-state index in [0.717, 1.165) is 0 Å². The Morgan fingerprint density at radius 1 is 1.30 bits per heavy atom. The van der Waals surface area contributed by atoms with Crippen LogP contribution in [0.5, 0.6) is 11.5 Å². The van der Waals surface area contributed by atoms with Gasteiger partial charge < -0.3 is 14.8 Å². The first-order chi connectivity index (χ1) is 13.0. The molecule has 0 saturated carbocycles. The Hall–Kier alpha value is -3.10. The third-order valence-corrected chi connectivity index (χ3v) is 4.03. The average Bonchev–Trinajstić information content (AvgIpc) is 2.66. The third kappa shape index (κ3) is 5.19. The molecule has 0 heterocycles. The molecule has 0 bridgehead atoms. The van der Waals surface area contributed by atoms with Crippen molar-refractivity contribution in [3.8, 4) is 23.6 Å². The first-order valence-electron chi connectivity index (χ1n) is 7.92. The first-order valence-corrected chi connectivity index (χ1v) is 8.72. The molecule has 6 nitrogen and oxygen atoms in total. The van der Waals surface area contributed by atoms with Crippen molar-refractivity contribution in [2.24, 2.45) is 0 Å². The van der Waals surface area contributed by atoms with Gasteiger partial charge in [0.2, 0.25) is 0 Å². The van der Waals surface area contributed by atoms with Crippen molar-refractivity contribution in [3.63, 3.8) is 0 Å². The second-order valence-corrected chi connectivity index (χ2v) is 6.12. The fourth-order valence-electron chi connectivity index (χ4n) is 2.26. The summed E-state index contributed by atoms with van der Waals surface area (Å²) in [6, 6.07) is 11.5. The number of amides is 1. The maximum atomic E-state index is 13.8. The monoisotopic (exact) mass is 431 g/mol. The number of nitriles is 2. The molecule has 27 heavy (non-hydrogen) atoms. The molecule has 1 atom stereocenters. The number of benzene rings is 2. The summed E-state index contributed by atoms with van der Waals surface area (Å²) in [5.41, 5.74) is 0.439. The summed E-state index contributed by atoms with van der Waals surface area (Å²) in [6.45, 7) is 1.69. The molecule has 138 valence electrons. The van der Waals surface area contributed by atoms with E-state index in [-0.39, 0.29) is 11.3 Å². The Bertz CT molecular complexity index is 921. The molecule has 0 aliphatic carbocycles. The van der Waals surface area contributed by atoms with Crippen LogP contribution in [0.3, 0.4) is 0 Å². The summed E-state index contributed by atoms with van der Waals surface area (Å²) in [5.74, 6) is -0.630. The smallest absolute Gasteiger partial charge is 0.259 e. The SMILES string of the molecule is CCOc1cc(C#N)cc(Br)c1OCC(=O)NC(C#N)c1ccccc1F. The zero-order valence-electron chi connectivity index (χ0n) is 14.3. The number of rotatable bonds is 7. The molecule has 0 saturated heterocycles. The number of carbonyl (C=O) groups is 1. The van der Waals surface area contributed by atoms with Crippen LogP contribution in [0.25, 0.3) is 0 Å². The molecule has 2 aromatic carbocycles. The quantitative estimate of drug-likeness (QED) is 0.721. The van der Waals surface area contributed by atoms with Crippen LogP contribution >= 0.6 is 15.9 Å². The van der Waals surface area contributed by atoms with Crippen LogP contribution in [0, 0.1) is 28.5 Å². The summed E-state index contributed by atoms with van der Waals surface area (Å²) in [7, 11) is 0. The van der Waals surface area contributed by atoms with Crippen molar-refractivity contribution in [2.45, 2.75) is 13.0 Å². The molecule has 1 unspecified atom stereocenters. The summed E-state index contributed by atoms with van der Waals surface area (Å²) in [4.78, 5) is 12.2. The van der Waals surface area contributed by atoms with Crippen LogP contribution in [0.4, 0.5) is 4.39 Å². The van der Waals surface area contributed by atoms with Crippen molar-refractivity contribution in [2.75, 3.05) is 13.2 Å². The van der Waals surface area contributed by atoms with E-state index in [2.05, 4.69) is 21.2 Å². The zero-order chi connectivity index (χ0) is 19.8. The van der Waals surface area contributed by atoms with E-state index in [1.54, 1.807) is 13.0 Å². The van der Waals surface area contributed by atoms with Gasteiger partial charge in [0.1, 0.15) is 11.9 Å². The van der Waals surface area contributed by atoms with Crippen molar-refractivity contribution in [1.82, 2.24) is 5.32 Å². The minimum atomic E-state index is -1.14. The summed E-state index contributed by atoms with van der Waals surface area (Å²) < 4.78 is 25.2. The molecule has 0 aliphatic heterocycles. The first kappa shape index (κ1) is 20.2. The highest BCUT2D eigenvalue weighted by Crippen LogP contribution is 2.36. The standard InChI is InChI=1S/C19H15BrFN3O3/c1-2-26-17-8-12(9-22)7-14(20)19(17)27-11-18(25)24-16(10-23)13-5-3-4-6-15(13)21/h3-8,16H,2,11H2,1H3,(H,24,25). The molecule has 0 aliphatic rings. The highest BCUT2D eigenvalue weighted by molar-refractivity contribution is 9.10. The Labute approximate surface area is 164 Å². The largest absolute Gasteiger partial charge is 0.490 e. The molecule has 0 aromatic heterocycles. The number of ether oxygens (including phenoxy) is 2. The lowest BCUT2D eigenvalue weighted by atomic mass is 10.1. The van der Waals surface area contributed by atoms with Gasteiger partial charge in [0, 0.05) is 11.6 Å². The lowest BCUT2D eigenvalue weighted by molar-refractivity contribution is -0.123. The van der Waals surface area contributed by atoms with Crippen molar-refractivity contribution >= 4 is 21.8 Å². The van der Waals surface area contributed by atoms with Gasteiger partial charge in [0.15, 0.2) is 18.1 Å². The van der Waals surface area contributed by atoms with E-state index in [1.165, 1.54) is 30.3 Å². The molecule has 0 spiro atoms. The number of nitrogens with one attached hydrogen (secondary N) is 1. The minimum Gasteiger partial charge on any atom is -0.490 e. The highest BCUT2D eigenvalue weighted by atomic mass is 79.9. The van der Waals surface area contributed by atoms with Crippen LogP contribution in [-0.2, 0) is 4.79 Å². The number of carbonyl (C=O) groups excluding carboxylic acids is 1. The molecule has 1 amide bonds. The Balaban J connectivity index is 2.10. The average molecular weight is 432 g/mol. The van der Waals surface area contributed by atoms with Crippen LogP contribution in [0.1, 0.15) is 24.1 Å². The maximum absolute atomic E-state index is 13.8. The third-order valence-electron chi connectivity index (χ3n) is 3.44. The topological polar surface area (TPSA) is 95.1 Å². The normalized spacial score (nSPS) is 11.0. The molecule has 1 N–H and O–H groups in total. The predicted octanol–water partition coefficient (Wildman–Crippen LogP) is 3.62. The molecule has 2 rings (SSSR count). The molecule has 2 aromatic rings. The van der Waals surface area contributed by atoms with E-state index in [0.29, 0.717) is 22.4 Å². The van der Waals surface area contributed by atoms with Gasteiger partial charge in [-0.1, -0.05) is 18.2 Å². The van der Waals surface area contributed by atoms with E-state index >= 15 is 0 Å². The van der Waals surface area contributed by atoms with E-state index in [1.807, 2.05) is 12.1 Å². The Kier molecular flexibility index (Phi) is 7.16. The van der Waals surface area contributed by atoms with Crippen molar-refractivity contribution in [1.29, 1.82) is 10.5 Å². The van der Waals surface area contributed by atoms with Crippen LogP contribution in [-0.4, -0.2) is 19.1 Å². The molecule has 0 fully saturated rings. The van der Waals surface area contributed by atoms with E-state index in [4.69, 9.17) is 14.7 Å². The van der Waals surface area contributed by atoms with Crippen LogP contribution in [0.2, 0.25) is 0 Å². The number of nitrogens with zero attached hydrogens (tertiary/aromatic N) is 2. The zero-order valence-corrected chi connectivity index (χ0v) is 15.9. The molecular formula is C19H15BrFN3O3. The molecular weight excluding hydrogens is 417 g/mol. The second kappa shape index (κ2) is 9.56. The van der Waals surface area contributed by atoms with E-state index < -0.39 is 24.4 Å². The number of hydrogen-bond acceptors (Lipinski definition) is 5. The lowest BCUT2D eigenvalue weighted by Crippen LogP contribution is -2.32. The Morgan fingerprint density at radius 3 is 2.67 bits per heavy atom. The fourth-order valence-corrected chi connectivity index (χ4v) is 2.82. The number of hydrogen-bond donors (Lipinski definition) is 1.